The lowest BCUT2D eigenvalue weighted by Crippen LogP contribution is -2.13. The molecule has 2 unspecified atom stereocenters. The highest BCUT2D eigenvalue weighted by atomic mass is 16.3. The molecule has 1 aliphatic rings. The Morgan fingerprint density at radius 3 is 2.67 bits per heavy atom. The predicted octanol–water partition coefficient (Wildman–Crippen LogP) is 4.43. The zero-order chi connectivity index (χ0) is 12.8. The second-order valence-corrected chi connectivity index (χ2v) is 5.44. The van der Waals surface area contributed by atoms with E-state index in [1.165, 1.54) is 30.4 Å². The molecule has 0 spiro atoms. The molecule has 0 saturated heterocycles. The molecule has 1 aromatic carbocycles. The first-order chi connectivity index (χ1) is 8.77. The fourth-order valence-corrected chi connectivity index (χ4v) is 2.75. The van der Waals surface area contributed by atoms with Gasteiger partial charge in [0.25, 0.3) is 0 Å². The van der Waals surface area contributed by atoms with E-state index in [1.54, 1.807) is 0 Å². The molecule has 1 nitrogen and oxygen atoms in total. The third-order valence-electron chi connectivity index (χ3n) is 3.95. The maximum Gasteiger partial charge on any atom is 0.0755 e. The van der Waals surface area contributed by atoms with Crippen molar-refractivity contribution in [1.29, 1.82) is 0 Å². The first-order valence-electron chi connectivity index (χ1n) is 7.19. The number of benzene rings is 1. The quantitative estimate of drug-likeness (QED) is 0.777. The number of hydrogen-bond donors (Lipinski definition) is 1. The van der Waals surface area contributed by atoms with Gasteiger partial charge >= 0.3 is 0 Å². The Morgan fingerprint density at radius 1 is 1.11 bits per heavy atom. The molecule has 1 N–H and O–H groups in total. The van der Waals surface area contributed by atoms with E-state index in [9.17, 15) is 5.11 Å². The second kappa shape index (κ2) is 6.75. The van der Waals surface area contributed by atoms with Crippen molar-refractivity contribution >= 4 is 0 Å². The van der Waals surface area contributed by atoms with Gasteiger partial charge in [0.15, 0.2) is 0 Å². The molecule has 0 bridgehead atoms. The molecule has 1 aliphatic carbocycles. The van der Waals surface area contributed by atoms with Crippen LogP contribution in [0.1, 0.15) is 56.9 Å². The van der Waals surface area contributed by atoms with Crippen LogP contribution in [-0.4, -0.2) is 11.2 Å². The largest absolute Gasteiger partial charge is 0.389 e. The topological polar surface area (TPSA) is 20.2 Å². The molecule has 0 heterocycles. The molecule has 0 amide bonds. The van der Waals surface area contributed by atoms with E-state index in [1.807, 2.05) is 6.07 Å². The molecule has 98 valence electrons. The van der Waals surface area contributed by atoms with E-state index in [4.69, 9.17) is 0 Å². The van der Waals surface area contributed by atoms with Crippen molar-refractivity contribution in [1.82, 2.24) is 0 Å². The highest BCUT2D eigenvalue weighted by Gasteiger charge is 2.16. The minimum Gasteiger partial charge on any atom is -0.389 e. The van der Waals surface area contributed by atoms with Crippen LogP contribution in [-0.2, 0) is 0 Å². The SMILES string of the molecule is CC(CC(O)C1=CCCCCC1)c1ccccc1. The van der Waals surface area contributed by atoms with Crippen molar-refractivity contribution < 1.29 is 5.11 Å². The molecule has 0 aromatic heterocycles. The van der Waals surface area contributed by atoms with E-state index in [-0.39, 0.29) is 6.10 Å². The minimum absolute atomic E-state index is 0.252. The Bertz CT molecular complexity index is 380. The van der Waals surface area contributed by atoms with Crippen LogP contribution in [0.3, 0.4) is 0 Å². The third kappa shape index (κ3) is 3.71. The van der Waals surface area contributed by atoms with Gasteiger partial charge in [0.05, 0.1) is 6.10 Å². The van der Waals surface area contributed by atoms with Crippen LogP contribution in [0.15, 0.2) is 42.0 Å². The van der Waals surface area contributed by atoms with Crippen molar-refractivity contribution in [2.24, 2.45) is 0 Å². The summed E-state index contributed by atoms with van der Waals surface area (Å²) in [6.45, 7) is 2.20. The molecular weight excluding hydrogens is 220 g/mol. The molecule has 1 aromatic rings. The van der Waals surface area contributed by atoms with Crippen molar-refractivity contribution in [2.45, 2.75) is 57.5 Å². The summed E-state index contributed by atoms with van der Waals surface area (Å²) in [5.74, 6) is 0.422. The second-order valence-electron chi connectivity index (χ2n) is 5.44. The Balaban J connectivity index is 1.94. The van der Waals surface area contributed by atoms with Gasteiger partial charge in [-0.2, -0.15) is 0 Å². The zero-order valence-corrected chi connectivity index (χ0v) is 11.3. The summed E-state index contributed by atoms with van der Waals surface area (Å²) >= 11 is 0. The van der Waals surface area contributed by atoms with Crippen LogP contribution < -0.4 is 0 Å². The van der Waals surface area contributed by atoms with Crippen molar-refractivity contribution in [2.75, 3.05) is 0 Å². The first-order valence-corrected chi connectivity index (χ1v) is 7.19. The number of allylic oxidation sites excluding steroid dienone is 1. The van der Waals surface area contributed by atoms with Crippen LogP contribution in [0.4, 0.5) is 0 Å². The van der Waals surface area contributed by atoms with Crippen molar-refractivity contribution in [3.8, 4) is 0 Å². The van der Waals surface area contributed by atoms with Gasteiger partial charge in [0, 0.05) is 0 Å². The number of aliphatic hydroxyl groups excluding tert-OH is 1. The summed E-state index contributed by atoms with van der Waals surface area (Å²) in [7, 11) is 0. The predicted molar refractivity (Wildman–Crippen MR) is 76.6 cm³/mol. The van der Waals surface area contributed by atoms with E-state index < -0.39 is 0 Å². The third-order valence-corrected chi connectivity index (χ3v) is 3.95. The summed E-state index contributed by atoms with van der Waals surface area (Å²) in [5.41, 5.74) is 2.60. The molecule has 2 rings (SSSR count). The Hall–Kier alpha value is -1.08. The summed E-state index contributed by atoms with van der Waals surface area (Å²) in [4.78, 5) is 0. The van der Waals surface area contributed by atoms with Gasteiger partial charge in [-0.15, -0.1) is 0 Å². The smallest absolute Gasteiger partial charge is 0.0755 e. The lowest BCUT2D eigenvalue weighted by atomic mass is 9.91. The molecular formula is C17H24O. The molecule has 1 heteroatoms. The maximum absolute atomic E-state index is 10.4. The highest BCUT2D eigenvalue weighted by molar-refractivity contribution is 5.20. The van der Waals surface area contributed by atoms with Gasteiger partial charge < -0.3 is 5.11 Å². The van der Waals surface area contributed by atoms with Crippen LogP contribution in [0.5, 0.6) is 0 Å². The van der Waals surface area contributed by atoms with Gasteiger partial charge in [-0.05, 0) is 49.2 Å². The van der Waals surface area contributed by atoms with E-state index in [2.05, 4.69) is 37.3 Å². The minimum atomic E-state index is -0.252. The number of rotatable bonds is 4. The molecule has 0 saturated carbocycles. The van der Waals surface area contributed by atoms with Crippen molar-refractivity contribution in [3.05, 3.63) is 47.5 Å². The summed E-state index contributed by atoms with van der Waals surface area (Å²) in [6, 6.07) is 10.5. The van der Waals surface area contributed by atoms with Gasteiger partial charge in [-0.25, -0.2) is 0 Å². The Kier molecular flexibility index (Phi) is 5.00. The van der Waals surface area contributed by atoms with E-state index >= 15 is 0 Å². The lowest BCUT2D eigenvalue weighted by Gasteiger charge is -2.19. The first kappa shape index (κ1) is 13.4. The fourth-order valence-electron chi connectivity index (χ4n) is 2.75. The molecule has 2 atom stereocenters. The average molecular weight is 244 g/mol. The summed E-state index contributed by atoms with van der Waals surface area (Å²) in [5, 5.41) is 10.4. The van der Waals surface area contributed by atoms with Crippen LogP contribution in [0.25, 0.3) is 0 Å². The molecule has 0 radical (unpaired) electrons. The fraction of sp³-hybridized carbons (Fsp3) is 0.529. The Morgan fingerprint density at radius 2 is 1.89 bits per heavy atom. The van der Waals surface area contributed by atoms with Crippen LogP contribution in [0.2, 0.25) is 0 Å². The number of aliphatic hydroxyl groups is 1. The van der Waals surface area contributed by atoms with E-state index in [0.717, 1.165) is 19.3 Å². The van der Waals surface area contributed by atoms with Crippen LogP contribution >= 0.6 is 0 Å². The zero-order valence-electron chi connectivity index (χ0n) is 11.3. The summed E-state index contributed by atoms with van der Waals surface area (Å²) < 4.78 is 0. The highest BCUT2D eigenvalue weighted by Crippen LogP contribution is 2.27. The monoisotopic (exact) mass is 244 g/mol. The summed E-state index contributed by atoms with van der Waals surface area (Å²) in [6.07, 6.45) is 8.92. The maximum atomic E-state index is 10.4. The Labute approximate surface area is 111 Å². The van der Waals surface area contributed by atoms with Gasteiger partial charge in [-0.3, -0.25) is 0 Å². The lowest BCUT2D eigenvalue weighted by molar-refractivity contribution is 0.187. The van der Waals surface area contributed by atoms with E-state index in [0.29, 0.717) is 5.92 Å². The average Bonchev–Trinajstić information content (AvgIpc) is 2.68. The van der Waals surface area contributed by atoms with Gasteiger partial charge in [-0.1, -0.05) is 49.8 Å². The normalized spacial score (nSPS) is 19.8. The molecule has 18 heavy (non-hydrogen) atoms. The number of hydrogen-bond acceptors (Lipinski definition) is 1. The molecule has 0 fully saturated rings. The molecule has 0 aliphatic heterocycles. The van der Waals surface area contributed by atoms with Gasteiger partial charge in [0.2, 0.25) is 0 Å². The van der Waals surface area contributed by atoms with Crippen LogP contribution in [0, 0.1) is 0 Å². The van der Waals surface area contributed by atoms with Gasteiger partial charge in [0.1, 0.15) is 0 Å². The van der Waals surface area contributed by atoms with Crippen molar-refractivity contribution in [3.63, 3.8) is 0 Å². The standard InChI is InChI=1S/C17H24O/c1-14(15-9-7-4-8-10-15)13-17(18)16-11-5-2-3-6-12-16/h4,7-11,14,17-18H,2-3,5-6,12-13H2,1H3.